The Kier molecular flexibility index (Phi) is 7.01. The summed E-state index contributed by atoms with van der Waals surface area (Å²) in [5.41, 5.74) is -1.06. The van der Waals surface area contributed by atoms with E-state index >= 15 is 0 Å². The fraction of sp³-hybridized carbons (Fsp3) is 0.207. The third-order valence-electron chi connectivity index (χ3n) is 6.86. The van der Waals surface area contributed by atoms with E-state index < -0.39 is 44.9 Å². The summed E-state index contributed by atoms with van der Waals surface area (Å²) in [4.78, 5) is 40.3. The van der Waals surface area contributed by atoms with Crippen LogP contribution in [-0.4, -0.2) is 42.2 Å². The quantitative estimate of drug-likeness (QED) is 0.232. The molecular weight excluding hydrogens is 542 g/mol. The maximum absolute atomic E-state index is 13.6. The maximum Gasteiger partial charge on any atom is 0.304 e. The van der Waals surface area contributed by atoms with Crippen LogP contribution in [0, 0.1) is 11.6 Å². The molecule has 1 amide bonds. The van der Waals surface area contributed by atoms with Crippen LogP contribution in [0.1, 0.15) is 25.3 Å². The lowest BCUT2D eigenvalue weighted by molar-refractivity contribution is -0.169. The van der Waals surface area contributed by atoms with Crippen LogP contribution in [0.15, 0.2) is 83.9 Å². The highest BCUT2D eigenvalue weighted by Crippen LogP contribution is 2.35. The summed E-state index contributed by atoms with van der Waals surface area (Å²) in [5.74, 6) is -3.82. The summed E-state index contributed by atoms with van der Waals surface area (Å²) in [6, 6.07) is 17.2. The average Bonchev–Trinajstić information content (AvgIpc) is 3.48. The molecule has 1 unspecified atom stereocenters. The summed E-state index contributed by atoms with van der Waals surface area (Å²) in [6.45, 7) is 1.15. The first-order chi connectivity index (χ1) is 19.0. The number of hydrogen-bond acceptors (Lipinski definition) is 6. The number of Topliss-reactive ketones (excluding diaryl/α,β-unsaturated/α-hetero) is 1. The van der Waals surface area contributed by atoms with Gasteiger partial charge in [0.15, 0.2) is 5.78 Å². The second-order valence-electron chi connectivity index (χ2n) is 9.50. The van der Waals surface area contributed by atoms with E-state index in [1.807, 2.05) is 0 Å². The van der Waals surface area contributed by atoms with Gasteiger partial charge in [0, 0.05) is 49.6 Å². The molecule has 1 saturated heterocycles. The first-order valence-corrected chi connectivity index (χ1v) is 13.9. The third kappa shape index (κ3) is 4.88. The molecule has 3 aromatic carbocycles. The first-order valence-electron chi connectivity index (χ1n) is 12.4. The van der Waals surface area contributed by atoms with E-state index in [4.69, 9.17) is 4.74 Å². The number of amides is 1. The highest BCUT2D eigenvalue weighted by atomic mass is 32.2. The van der Waals surface area contributed by atoms with Crippen molar-refractivity contribution in [2.45, 2.75) is 36.7 Å². The number of nitrogens with zero attached hydrogens (tertiary/aromatic N) is 2. The lowest BCUT2D eigenvalue weighted by Crippen LogP contribution is -2.50. The van der Waals surface area contributed by atoms with Gasteiger partial charge in [0.25, 0.3) is 15.9 Å². The highest BCUT2D eigenvalue weighted by Gasteiger charge is 2.55. The Balaban J connectivity index is 1.42. The lowest BCUT2D eigenvalue weighted by atomic mass is 9.91. The molecule has 0 bridgehead atoms. The van der Waals surface area contributed by atoms with Crippen molar-refractivity contribution >= 4 is 44.3 Å². The van der Waals surface area contributed by atoms with E-state index in [0.717, 1.165) is 23.0 Å². The molecule has 0 N–H and O–H groups in total. The summed E-state index contributed by atoms with van der Waals surface area (Å²) >= 11 is 0. The number of rotatable bonds is 8. The average molecular weight is 567 g/mol. The molecule has 0 saturated carbocycles. The van der Waals surface area contributed by atoms with Crippen molar-refractivity contribution < 1.29 is 36.3 Å². The number of esters is 1. The van der Waals surface area contributed by atoms with E-state index in [1.54, 1.807) is 42.5 Å². The van der Waals surface area contributed by atoms with Crippen LogP contribution in [0.5, 0.6) is 0 Å². The van der Waals surface area contributed by atoms with E-state index in [0.29, 0.717) is 22.7 Å². The van der Waals surface area contributed by atoms with Gasteiger partial charge in [-0.05, 0) is 60.5 Å². The van der Waals surface area contributed by atoms with Crippen LogP contribution >= 0.6 is 0 Å². The van der Waals surface area contributed by atoms with Crippen LogP contribution in [0.25, 0.3) is 10.9 Å². The number of anilines is 1. The number of carbonyl (C=O) groups excluding carboxylic acids is 3. The van der Waals surface area contributed by atoms with Crippen molar-refractivity contribution in [3.63, 3.8) is 0 Å². The van der Waals surface area contributed by atoms with Crippen molar-refractivity contribution in [2.75, 3.05) is 11.4 Å². The molecule has 2 heterocycles. The number of aryl methyl sites for hydroxylation is 1. The van der Waals surface area contributed by atoms with Gasteiger partial charge in [-0.25, -0.2) is 21.2 Å². The zero-order valence-electron chi connectivity index (χ0n) is 21.3. The molecule has 0 aliphatic carbocycles. The molecule has 1 aromatic heterocycles. The number of ketones is 1. The molecule has 1 aliphatic heterocycles. The molecule has 8 nitrogen and oxygen atoms in total. The normalized spacial score (nSPS) is 17.4. The van der Waals surface area contributed by atoms with Crippen LogP contribution in [0.3, 0.4) is 0 Å². The number of benzene rings is 3. The molecule has 40 heavy (non-hydrogen) atoms. The molecule has 11 heteroatoms. The Hall–Kier alpha value is -4.38. The van der Waals surface area contributed by atoms with Crippen LogP contribution in [0.4, 0.5) is 14.5 Å². The van der Waals surface area contributed by atoms with Gasteiger partial charge in [-0.1, -0.05) is 18.2 Å². The van der Waals surface area contributed by atoms with Crippen molar-refractivity contribution in [3.8, 4) is 0 Å². The second kappa shape index (κ2) is 10.3. The number of halogens is 2. The predicted octanol–water partition coefficient (Wildman–Crippen LogP) is 4.40. The summed E-state index contributed by atoms with van der Waals surface area (Å²) in [6.07, 6.45) is 0.974. The highest BCUT2D eigenvalue weighted by molar-refractivity contribution is 7.90. The molecule has 1 atom stereocenters. The lowest BCUT2D eigenvalue weighted by Gasteiger charge is -2.26. The van der Waals surface area contributed by atoms with Crippen LogP contribution in [-0.2, 0) is 35.6 Å². The van der Waals surface area contributed by atoms with Crippen LogP contribution in [0.2, 0.25) is 0 Å². The predicted molar refractivity (Wildman–Crippen MR) is 142 cm³/mol. The van der Waals surface area contributed by atoms with Crippen molar-refractivity contribution in [3.05, 3.63) is 96.2 Å². The summed E-state index contributed by atoms with van der Waals surface area (Å²) < 4.78 is 59.9. The third-order valence-corrected chi connectivity index (χ3v) is 8.56. The minimum Gasteiger partial charge on any atom is -0.441 e. The zero-order valence-corrected chi connectivity index (χ0v) is 22.2. The fourth-order valence-electron chi connectivity index (χ4n) is 5.00. The SMILES string of the molecule is CC(=O)OC1(C(=O)CCc2cc(F)cc(F)c2)CCN(c2ccc3c(ccn3S(=O)(=O)c3ccccc3)c2)C1=O. The fourth-order valence-corrected chi connectivity index (χ4v) is 6.38. The Morgan fingerprint density at radius 3 is 2.35 bits per heavy atom. The summed E-state index contributed by atoms with van der Waals surface area (Å²) in [7, 11) is -3.86. The first kappa shape index (κ1) is 27.2. The second-order valence-corrected chi connectivity index (χ2v) is 11.3. The molecule has 0 spiro atoms. The van der Waals surface area contributed by atoms with Crippen molar-refractivity contribution in [1.29, 1.82) is 0 Å². The van der Waals surface area contributed by atoms with Gasteiger partial charge >= 0.3 is 5.97 Å². The van der Waals surface area contributed by atoms with Gasteiger partial charge in [0.1, 0.15) is 11.6 Å². The molecule has 4 aromatic rings. The van der Waals surface area contributed by atoms with Gasteiger partial charge in [-0.3, -0.25) is 14.4 Å². The largest absolute Gasteiger partial charge is 0.441 e. The molecule has 0 radical (unpaired) electrons. The maximum atomic E-state index is 13.6. The van der Waals surface area contributed by atoms with Gasteiger partial charge in [0.2, 0.25) is 5.60 Å². The number of hydrogen-bond donors (Lipinski definition) is 0. The topological polar surface area (TPSA) is 103 Å². The van der Waals surface area contributed by atoms with E-state index in [1.165, 1.54) is 23.2 Å². The number of aromatic nitrogens is 1. The van der Waals surface area contributed by atoms with E-state index in [-0.39, 0.29) is 36.3 Å². The number of fused-ring (bicyclic) bond motifs is 1. The van der Waals surface area contributed by atoms with Gasteiger partial charge < -0.3 is 9.64 Å². The Morgan fingerprint density at radius 1 is 0.975 bits per heavy atom. The van der Waals surface area contributed by atoms with Crippen molar-refractivity contribution in [1.82, 2.24) is 3.97 Å². The number of ether oxygens (including phenoxy) is 1. The molecule has 1 aliphatic rings. The van der Waals surface area contributed by atoms with E-state index in [9.17, 15) is 31.6 Å². The Labute approximate surface area is 228 Å². The Bertz CT molecular complexity index is 1730. The molecular formula is C29H24F2N2O6S. The van der Waals surface area contributed by atoms with Gasteiger partial charge in [-0.15, -0.1) is 0 Å². The standard InChI is InChI=1S/C29H24F2N2O6S/c1-19(34)39-29(27(35)10-7-20-15-22(30)18-23(31)16-20)12-14-32(28(29)36)24-8-9-26-21(17-24)11-13-33(26)40(37,38)25-5-3-2-4-6-25/h2-6,8-9,11,13,15-18H,7,10,12,14H2,1H3. The van der Waals surface area contributed by atoms with Crippen LogP contribution < -0.4 is 4.90 Å². The van der Waals surface area contributed by atoms with Crippen molar-refractivity contribution in [2.24, 2.45) is 0 Å². The zero-order chi connectivity index (χ0) is 28.7. The smallest absolute Gasteiger partial charge is 0.304 e. The van der Waals surface area contributed by atoms with E-state index in [2.05, 4.69) is 0 Å². The molecule has 206 valence electrons. The molecule has 1 fully saturated rings. The van der Waals surface area contributed by atoms with Gasteiger partial charge in [0.05, 0.1) is 10.4 Å². The minimum absolute atomic E-state index is 0.0564. The summed E-state index contributed by atoms with van der Waals surface area (Å²) in [5, 5.41) is 0.536. The number of carbonyl (C=O) groups is 3. The monoisotopic (exact) mass is 566 g/mol. The van der Waals surface area contributed by atoms with Gasteiger partial charge in [-0.2, -0.15) is 0 Å². The minimum atomic E-state index is -3.86. The Morgan fingerprint density at radius 2 is 1.68 bits per heavy atom. The molecule has 5 rings (SSSR count).